The molecule has 0 amide bonds. The number of aromatic carboxylic acids is 1. The Kier molecular flexibility index (Phi) is 4.07. The van der Waals surface area contributed by atoms with Gasteiger partial charge in [0.05, 0.1) is 11.3 Å². The summed E-state index contributed by atoms with van der Waals surface area (Å²) in [6.07, 6.45) is 1.40. The molecule has 0 bridgehead atoms. The number of hydrogen-bond acceptors (Lipinski definition) is 4. The van der Waals surface area contributed by atoms with Crippen molar-refractivity contribution in [1.82, 2.24) is 9.88 Å². The van der Waals surface area contributed by atoms with E-state index >= 15 is 0 Å². The summed E-state index contributed by atoms with van der Waals surface area (Å²) in [4.78, 5) is 17.0. The molecule has 0 fully saturated rings. The van der Waals surface area contributed by atoms with Crippen molar-refractivity contribution in [3.05, 3.63) is 52.0 Å². The highest BCUT2D eigenvalue weighted by molar-refractivity contribution is 7.07. The van der Waals surface area contributed by atoms with Crippen molar-refractivity contribution in [3.63, 3.8) is 0 Å². The minimum Gasteiger partial charge on any atom is -0.478 e. The molecule has 4 nitrogen and oxygen atoms in total. The summed E-state index contributed by atoms with van der Waals surface area (Å²) in [5.41, 5.74) is 2.38. The van der Waals surface area contributed by atoms with E-state index < -0.39 is 5.97 Å². The smallest absolute Gasteiger partial charge is 0.337 e. The molecule has 18 heavy (non-hydrogen) atoms. The summed E-state index contributed by atoms with van der Waals surface area (Å²) < 4.78 is 0. The number of nitrogens with zero attached hydrogens (tertiary/aromatic N) is 2. The topological polar surface area (TPSA) is 53.4 Å². The van der Waals surface area contributed by atoms with E-state index in [-0.39, 0.29) is 5.56 Å². The second kappa shape index (κ2) is 5.75. The Bertz CT molecular complexity index is 508. The molecule has 0 unspecified atom stereocenters. The third-order valence-electron chi connectivity index (χ3n) is 2.54. The Morgan fingerprint density at radius 2 is 2.22 bits per heavy atom. The zero-order valence-electron chi connectivity index (χ0n) is 10.0. The molecule has 0 atom stereocenters. The van der Waals surface area contributed by atoms with Gasteiger partial charge in [0.1, 0.15) is 0 Å². The maximum Gasteiger partial charge on any atom is 0.337 e. The third-order valence-corrected chi connectivity index (χ3v) is 3.27. The molecule has 2 heterocycles. The summed E-state index contributed by atoms with van der Waals surface area (Å²) in [6.45, 7) is 1.57. The van der Waals surface area contributed by atoms with Crippen molar-refractivity contribution in [2.75, 3.05) is 7.05 Å². The standard InChI is InChI=1S/C13H14N2O2S/c1-15(7-10-4-5-18-9-10)8-12-3-2-11(6-14-12)13(16)17/h2-6,9H,7-8H2,1H3,(H,16,17). The van der Waals surface area contributed by atoms with Gasteiger partial charge in [-0.25, -0.2) is 4.79 Å². The minimum absolute atomic E-state index is 0.222. The first kappa shape index (κ1) is 12.7. The fourth-order valence-corrected chi connectivity index (χ4v) is 2.33. The number of carboxylic acids is 1. The van der Waals surface area contributed by atoms with Gasteiger partial charge in [-0.3, -0.25) is 9.88 Å². The van der Waals surface area contributed by atoms with Gasteiger partial charge in [0.15, 0.2) is 0 Å². The predicted octanol–water partition coefficient (Wildman–Crippen LogP) is 2.47. The molecule has 0 aromatic carbocycles. The maximum atomic E-state index is 10.7. The lowest BCUT2D eigenvalue weighted by Gasteiger charge is -2.15. The van der Waals surface area contributed by atoms with Crippen LogP contribution in [0.4, 0.5) is 0 Å². The fraction of sp³-hybridized carbons (Fsp3) is 0.231. The molecule has 0 aliphatic heterocycles. The average molecular weight is 262 g/mol. The van der Waals surface area contributed by atoms with Crippen LogP contribution in [0.25, 0.3) is 0 Å². The summed E-state index contributed by atoms with van der Waals surface area (Å²) in [6, 6.07) is 5.44. The molecule has 1 N–H and O–H groups in total. The van der Waals surface area contributed by atoms with Crippen LogP contribution in [0.2, 0.25) is 0 Å². The lowest BCUT2D eigenvalue weighted by molar-refractivity contribution is 0.0696. The normalized spacial score (nSPS) is 10.8. The SMILES string of the molecule is CN(Cc1ccsc1)Cc1ccc(C(=O)O)cn1. The molecule has 2 aromatic rings. The Morgan fingerprint density at radius 3 is 2.78 bits per heavy atom. The molecule has 0 aliphatic carbocycles. The Labute approximate surface area is 110 Å². The Hall–Kier alpha value is -1.72. The van der Waals surface area contributed by atoms with Gasteiger partial charge >= 0.3 is 5.97 Å². The zero-order chi connectivity index (χ0) is 13.0. The molecule has 2 rings (SSSR count). The lowest BCUT2D eigenvalue weighted by Crippen LogP contribution is -2.17. The van der Waals surface area contributed by atoms with Gasteiger partial charge in [-0.15, -0.1) is 0 Å². The summed E-state index contributed by atoms with van der Waals surface area (Å²) >= 11 is 1.69. The number of rotatable bonds is 5. The Morgan fingerprint density at radius 1 is 1.39 bits per heavy atom. The van der Waals surface area contributed by atoms with Crippen molar-refractivity contribution in [3.8, 4) is 0 Å². The van der Waals surface area contributed by atoms with Gasteiger partial charge in [0, 0.05) is 19.3 Å². The van der Waals surface area contributed by atoms with Gasteiger partial charge in [-0.1, -0.05) is 0 Å². The number of aromatic nitrogens is 1. The number of thiophene rings is 1. The third kappa shape index (κ3) is 3.38. The van der Waals surface area contributed by atoms with E-state index in [4.69, 9.17) is 5.11 Å². The van der Waals surface area contributed by atoms with E-state index in [1.165, 1.54) is 11.8 Å². The highest BCUT2D eigenvalue weighted by Crippen LogP contribution is 2.10. The molecule has 0 spiro atoms. The van der Waals surface area contributed by atoms with E-state index in [0.29, 0.717) is 6.54 Å². The largest absolute Gasteiger partial charge is 0.478 e. The average Bonchev–Trinajstić information content (AvgIpc) is 2.82. The molecule has 94 valence electrons. The van der Waals surface area contributed by atoms with Crippen LogP contribution in [-0.4, -0.2) is 28.0 Å². The number of hydrogen-bond donors (Lipinski definition) is 1. The lowest BCUT2D eigenvalue weighted by atomic mass is 10.2. The van der Waals surface area contributed by atoms with Crippen molar-refractivity contribution < 1.29 is 9.90 Å². The van der Waals surface area contributed by atoms with Gasteiger partial charge in [0.25, 0.3) is 0 Å². The first-order valence-corrected chi connectivity index (χ1v) is 6.47. The van der Waals surface area contributed by atoms with Gasteiger partial charge < -0.3 is 5.11 Å². The molecule has 0 saturated carbocycles. The van der Waals surface area contributed by atoms with Crippen LogP contribution in [0.1, 0.15) is 21.6 Å². The number of carboxylic acid groups (broad SMARTS) is 1. The van der Waals surface area contributed by atoms with E-state index in [2.05, 4.69) is 26.7 Å². The minimum atomic E-state index is -0.944. The summed E-state index contributed by atoms with van der Waals surface area (Å²) in [5, 5.41) is 13.0. The quantitative estimate of drug-likeness (QED) is 0.899. The zero-order valence-corrected chi connectivity index (χ0v) is 10.9. The molecular weight excluding hydrogens is 248 g/mol. The monoisotopic (exact) mass is 262 g/mol. The predicted molar refractivity (Wildman–Crippen MR) is 70.7 cm³/mol. The second-order valence-corrected chi connectivity index (χ2v) is 4.93. The van der Waals surface area contributed by atoms with E-state index in [1.807, 2.05) is 7.05 Å². The Balaban J connectivity index is 1.94. The molecule has 5 heteroatoms. The summed E-state index contributed by atoms with van der Waals surface area (Å²) in [7, 11) is 2.02. The van der Waals surface area contributed by atoms with Crippen molar-refractivity contribution in [2.24, 2.45) is 0 Å². The van der Waals surface area contributed by atoms with Crippen LogP contribution >= 0.6 is 11.3 Å². The van der Waals surface area contributed by atoms with Crippen LogP contribution in [0.15, 0.2) is 35.2 Å². The number of pyridine rings is 1. The highest BCUT2D eigenvalue weighted by atomic mass is 32.1. The molecule has 0 radical (unpaired) electrons. The molecule has 0 aliphatic rings. The van der Waals surface area contributed by atoms with Gasteiger partial charge in [-0.2, -0.15) is 11.3 Å². The van der Waals surface area contributed by atoms with E-state index in [1.54, 1.807) is 23.5 Å². The molecule has 2 aromatic heterocycles. The van der Waals surface area contributed by atoms with Crippen LogP contribution < -0.4 is 0 Å². The first-order valence-electron chi connectivity index (χ1n) is 5.53. The van der Waals surface area contributed by atoms with Crippen LogP contribution in [0.3, 0.4) is 0 Å². The van der Waals surface area contributed by atoms with Crippen LogP contribution in [0, 0.1) is 0 Å². The highest BCUT2D eigenvalue weighted by Gasteiger charge is 2.06. The van der Waals surface area contributed by atoms with Gasteiger partial charge in [-0.05, 0) is 41.6 Å². The summed E-state index contributed by atoms with van der Waals surface area (Å²) in [5.74, 6) is -0.944. The van der Waals surface area contributed by atoms with Crippen LogP contribution in [0.5, 0.6) is 0 Å². The van der Waals surface area contributed by atoms with Crippen LogP contribution in [-0.2, 0) is 13.1 Å². The van der Waals surface area contributed by atoms with Crippen molar-refractivity contribution in [2.45, 2.75) is 13.1 Å². The fourth-order valence-electron chi connectivity index (χ4n) is 1.67. The first-order chi connectivity index (χ1) is 8.65. The maximum absolute atomic E-state index is 10.7. The van der Waals surface area contributed by atoms with Crippen molar-refractivity contribution >= 4 is 17.3 Å². The van der Waals surface area contributed by atoms with E-state index in [0.717, 1.165) is 12.2 Å². The van der Waals surface area contributed by atoms with Gasteiger partial charge in [0.2, 0.25) is 0 Å². The second-order valence-electron chi connectivity index (χ2n) is 4.15. The van der Waals surface area contributed by atoms with Crippen molar-refractivity contribution in [1.29, 1.82) is 0 Å². The molecular formula is C13H14N2O2S. The molecule has 0 saturated heterocycles. The number of carbonyl (C=O) groups is 1. The van der Waals surface area contributed by atoms with E-state index in [9.17, 15) is 4.79 Å².